The van der Waals surface area contributed by atoms with Crippen molar-refractivity contribution in [2.75, 3.05) is 13.1 Å². The zero-order valence-electron chi connectivity index (χ0n) is 12.4. The largest absolute Gasteiger partial charge is 0.371 e. The maximum absolute atomic E-state index is 9.85. The first-order chi connectivity index (χ1) is 9.77. The summed E-state index contributed by atoms with van der Waals surface area (Å²) in [5.41, 5.74) is 0. The van der Waals surface area contributed by atoms with Crippen LogP contribution in [0.1, 0.15) is 70.6 Å². The van der Waals surface area contributed by atoms with Crippen molar-refractivity contribution in [1.29, 1.82) is 0 Å². The molecular formula is C15H28N2OS2. The molecule has 0 fully saturated rings. The van der Waals surface area contributed by atoms with E-state index in [2.05, 4.69) is 22.9 Å². The number of carbonyl (C=O) groups excluding carboxylic acids is 1. The maximum atomic E-state index is 9.85. The smallest absolute Gasteiger partial charge is 0.234 e. The highest BCUT2D eigenvalue weighted by Crippen LogP contribution is 2.11. The third-order valence-corrected chi connectivity index (χ3v) is 3.59. The van der Waals surface area contributed by atoms with Gasteiger partial charge in [-0.25, -0.2) is 9.79 Å². The number of nitrogens with one attached hydrogen (secondary N) is 1. The van der Waals surface area contributed by atoms with Crippen LogP contribution in [0.25, 0.3) is 0 Å². The van der Waals surface area contributed by atoms with E-state index in [9.17, 15) is 4.79 Å². The molecule has 0 saturated carbocycles. The topological polar surface area (TPSA) is 41.5 Å². The van der Waals surface area contributed by atoms with Gasteiger partial charge in [0.05, 0.1) is 6.54 Å². The van der Waals surface area contributed by atoms with Crippen LogP contribution in [0.4, 0.5) is 0 Å². The minimum Gasteiger partial charge on any atom is -0.371 e. The van der Waals surface area contributed by atoms with E-state index in [0.29, 0.717) is 10.9 Å². The molecule has 0 rings (SSSR count). The lowest BCUT2D eigenvalue weighted by atomic mass is 10.1. The summed E-state index contributed by atoms with van der Waals surface area (Å²) < 4.78 is 0.600. The summed E-state index contributed by atoms with van der Waals surface area (Å²) in [6, 6.07) is 0. The van der Waals surface area contributed by atoms with Gasteiger partial charge in [-0.1, -0.05) is 70.0 Å². The van der Waals surface area contributed by atoms with E-state index in [1.807, 2.05) is 0 Å². The first kappa shape index (κ1) is 19.6. The van der Waals surface area contributed by atoms with Gasteiger partial charge in [0.1, 0.15) is 4.32 Å². The minimum absolute atomic E-state index is 0.600. The number of hydrogen-bond acceptors (Lipinski definition) is 3. The van der Waals surface area contributed by atoms with E-state index in [0.717, 1.165) is 13.0 Å². The quantitative estimate of drug-likeness (QED) is 0.164. The summed E-state index contributed by atoms with van der Waals surface area (Å²) in [6.45, 7) is 1.60. The summed E-state index contributed by atoms with van der Waals surface area (Å²) >= 11 is 8.84. The predicted molar refractivity (Wildman–Crippen MR) is 93.4 cm³/mol. The van der Waals surface area contributed by atoms with Gasteiger partial charge in [0.25, 0.3) is 0 Å². The normalized spacial score (nSPS) is 10.1. The van der Waals surface area contributed by atoms with Gasteiger partial charge >= 0.3 is 0 Å². The summed E-state index contributed by atoms with van der Waals surface area (Å²) in [5.74, 6) is 0. The number of nitrogens with zero attached hydrogens (tertiary/aromatic N) is 1. The van der Waals surface area contributed by atoms with E-state index >= 15 is 0 Å². The molecule has 20 heavy (non-hydrogen) atoms. The van der Waals surface area contributed by atoms with Crippen LogP contribution in [0.15, 0.2) is 4.99 Å². The van der Waals surface area contributed by atoms with Gasteiger partial charge in [-0.05, 0) is 12.8 Å². The number of unbranched alkanes of at least 4 members (excludes halogenated alkanes) is 10. The summed E-state index contributed by atoms with van der Waals surface area (Å²) in [6.07, 6.45) is 15.6. The van der Waals surface area contributed by atoms with Crippen LogP contribution < -0.4 is 5.32 Å². The lowest BCUT2D eigenvalue weighted by Crippen LogP contribution is -2.17. The van der Waals surface area contributed by atoms with E-state index < -0.39 is 0 Å². The molecule has 0 aliphatic carbocycles. The molecule has 0 amide bonds. The fourth-order valence-electron chi connectivity index (χ4n) is 2.15. The minimum atomic E-state index is 0.600. The number of thiocarbonyl (C=S) groups is 1. The zero-order chi connectivity index (χ0) is 14.9. The average Bonchev–Trinajstić information content (AvgIpc) is 2.43. The monoisotopic (exact) mass is 316 g/mol. The molecule has 0 radical (unpaired) electrons. The molecule has 0 aromatic rings. The predicted octanol–water partition coefficient (Wildman–Crippen LogP) is 4.42. The van der Waals surface area contributed by atoms with Gasteiger partial charge in [0, 0.05) is 6.54 Å². The molecular weight excluding hydrogens is 288 g/mol. The van der Waals surface area contributed by atoms with Crippen molar-refractivity contribution in [3.63, 3.8) is 0 Å². The molecule has 1 N–H and O–H groups in total. The Morgan fingerprint density at radius 2 is 1.35 bits per heavy atom. The van der Waals surface area contributed by atoms with Crippen molar-refractivity contribution in [2.24, 2.45) is 4.99 Å². The Hall–Kier alpha value is -0.380. The summed E-state index contributed by atoms with van der Waals surface area (Å²) in [5, 5.41) is 3.06. The van der Waals surface area contributed by atoms with Crippen molar-refractivity contribution in [3.05, 3.63) is 0 Å². The maximum Gasteiger partial charge on any atom is 0.234 e. The number of aliphatic imine (C=N–C) groups is 1. The van der Waals surface area contributed by atoms with E-state index in [1.54, 1.807) is 6.08 Å². The van der Waals surface area contributed by atoms with Gasteiger partial charge in [-0.3, -0.25) is 0 Å². The first-order valence-electron chi connectivity index (χ1n) is 7.78. The molecule has 3 nitrogen and oxygen atoms in total. The van der Waals surface area contributed by atoms with Crippen LogP contribution in [0.5, 0.6) is 0 Å². The molecule has 0 aromatic heterocycles. The summed E-state index contributed by atoms with van der Waals surface area (Å²) in [7, 11) is 0. The fraction of sp³-hybridized carbons (Fsp3) is 0.867. The molecule has 5 heteroatoms. The lowest BCUT2D eigenvalue weighted by Gasteiger charge is -2.04. The SMILES string of the molecule is O=C=NCCCCCCCCCCCCCNC(=S)S. The molecule has 0 aromatic carbocycles. The second-order valence-electron chi connectivity index (χ2n) is 5.09. The highest BCUT2D eigenvalue weighted by Gasteiger charge is 1.94. The molecule has 0 heterocycles. The molecule has 0 saturated heterocycles. The van der Waals surface area contributed by atoms with Crippen LogP contribution in [-0.4, -0.2) is 23.5 Å². The van der Waals surface area contributed by atoms with Crippen molar-refractivity contribution in [2.45, 2.75) is 70.6 Å². The fourth-order valence-corrected chi connectivity index (χ4v) is 2.36. The Morgan fingerprint density at radius 1 is 0.900 bits per heavy atom. The van der Waals surface area contributed by atoms with Crippen molar-refractivity contribution in [3.8, 4) is 0 Å². The molecule has 0 aliphatic rings. The Bertz CT molecular complexity index is 265. The Morgan fingerprint density at radius 3 is 1.80 bits per heavy atom. The van der Waals surface area contributed by atoms with Crippen LogP contribution in [0.3, 0.4) is 0 Å². The van der Waals surface area contributed by atoms with Gasteiger partial charge in [-0.15, -0.1) is 12.6 Å². The van der Waals surface area contributed by atoms with Gasteiger partial charge in [-0.2, -0.15) is 0 Å². The third-order valence-electron chi connectivity index (χ3n) is 3.29. The Labute approximate surface area is 134 Å². The van der Waals surface area contributed by atoms with E-state index in [4.69, 9.17) is 12.2 Å². The van der Waals surface area contributed by atoms with Gasteiger partial charge in [0.2, 0.25) is 6.08 Å². The van der Waals surface area contributed by atoms with Crippen molar-refractivity contribution in [1.82, 2.24) is 5.32 Å². The number of hydrogen-bond donors (Lipinski definition) is 2. The average molecular weight is 317 g/mol. The van der Waals surface area contributed by atoms with Crippen LogP contribution in [0, 0.1) is 0 Å². The second-order valence-corrected chi connectivity index (χ2v) is 6.25. The van der Waals surface area contributed by atoms with Gasteiger partial charge < -0.3 is 5.32 Å². The standard InChI is InChI=1S/C15H28N2OS2/c18-14-16-12-10-8-6-4-2-1-3-5-7-9-11-13-17-15(19)20/h1-13H2,(H2,17,19,20). The molecule has 0 spiro atoms. The third kappa shape index (κ3) is 17.6. The molecule has 0 unspecified atom stereocenters. The van der Waals surface area contributed by atoms with Gasteiger partial charge in [0.15, 0.2) is 0 Å². The highest BCUT2D eigenvalue weighted by atomic mass is 32.1. The van der Waals surface area contributed by atoms with Crippen LogP contribution in [0.2, 0.25) is 0 Å². The second kappa shape index (κ2) is 16.7. The number of thiol groups is 1. The van der Waals surface area contributed by atoms with Crippen LogP contribution in [-0.2, 0) is 4.79 Å². The number of isocyanates is 1. The van der Waals surface area contributed by atoms with E-state index in [-0.39, 0.29) is 0 Å². The number of rotatable bonds is 14. The molecule has 0 aliphatic heterocycles. The molecule has 0 bridgehead atoms. The zero-order valence-corrected chi connectivity index (χ0v) is 14.1. The van der Waals surface area contributed by atoms with Crippen molar-refractivity contribution < 1.29 is 4.79 Å². The Kier molecular flexibility index (Phi) is 16.4. The Balaban J connectivity index is 2.99. The lowest BCUT2D eigenvalue weighted by molar-refractivity contribution is 0.544. The van der Waals surface area contributed by atoms with Crippen molar-refractivity contribution >= 4 is 35.2 Å². The van der Waals surface area contributed by atoms with Crippen LogP contribution >= 0.6 is 24.8 Å². The molecule has 0 atom stereocenters. The molecule has 116 valence electrons. The summed E-state index contributed by atoms with van der Waals surface area (Å²) in [4.78, 5) is 13.4. The highest BCUT2D eigenvalue weighted by molar-refractivity contribution is 8.11. The van der Waals surface area contributed by atoms with E-state index in [1.165, 1.54) is 64.2 Å². The first-order valence-corrected chi connectivity index (χ1v) is 8.63.